The number of ether oxygens (including phenoxy) is 1. The highest BCUT2D eigenvalue weighted by Crippen LogP contribution is 2.36. The van der Waals surface area contributed by atoms with Crippen molar-refractivity contribution in [2.75, 3.05) is 25.4 Å². The molecule has 11 heteroatoms. The van der Waals surface area contributed by atoms with Crippen LogP contribution in [0.1, 0.15) is 25.3 Å². The first-order chi connectivity index (χ1) is 17.4. The van der Waals surface area contributed by atoms with Crippen LogP contribution in [0.15, 0.2) is 48.8 Å². The molecule has 0 aliphatic carbocycles. The third-order valence-electron chi connectivity index (χ3n) is 6.25. The molecular weight excluding hydrogens is 464 g/mol. The average Bonchev–Trinajstić information content (AvgIpc) is 3.28. The Morgan fingerprint density at radius 2 is 1.86 bits per heavy atom. The topological polar surface area (TPSA) is 160 Å². The molecule has 1 aliphatic heterocycles. The smallest absolute Gasteiger partial charge is 0.224 e. The van der Waals surface area contributed by atoms with Gasteiger partial charge in [0.05, 0.1) is 18.0 Å². The molecule has 2 aromatic heterocycles. The van der Waals surface area contributed by atoms with Crippen molar-refractivity contribution in [3.8, 4) is 34.3 Å². The molecule has 1 aliphatic rings. The van der Waals surface area contributed by atoms with Gasteiger partial charge in [-0.25, -0.2) is 14.6 Å². The number of nitrogens with two attached hydrogens (primary N) is 1. The van der Waals surface area contributed by atoms with Gasteiger partial charge in [-0.1, -0.05) is 0 Å². The normalized spacial score (nSPS) is 15.8. The summed E-state index contributed by atoms with van der Waals surface area (Å²) in [5, 5.41) is 33.8. The van der Waals surface area contributed by atoms with Crippen molar-refractivity contribution in [2.45, 2.75) is 25.3 Å². The number of rotatable bonds is 6. The first-order valence-corrected chi connectivity index (χ1v) is 11.6. The van der Waals surface area contributed by atoms with Crippen LogP contribution in [0.2, 0.25) is 0 Å². The molecule has 1 fully saturated rings. The summed E-state index contributed by atoms with van der Waals surface area (Å²) in [4.78, 5) is 22.7. The molecule has 3 heterocycles. The molecule has 36 heavy (non-hydrogen) atoms. The highest BCUT2D eigenvalue weighted by molar-refractivity contribution is 5.98. The van der Waals surface area contributed by atoms with Crippen molar-refractivity contribution in [2.24, 2.45) is 0 Å². The number of carbonyl (C=O) groups excluding carboxylic acids is 1. The lowest BCUT2D eigenvalue weighted by Crippen LogP contribution is -2.41. The van der Waals surface area contributed by atoms with Crippen LogP contribution in [0.25, 0.3) is 22.3 Å². The van der Waals surface area contributed by atoms with Gasteiger partial charge in [0, 0.05) is 31.1 Å². The van der Waals surface area contributed by atoms with Crippen molar-refractivity contribution >= 4 is 22.8 Å². The van der Waals surface area contributed by atoms with Crippen molar-refractivity contribution in [3.05, 3.63) is 48.8 Å². The Labute approximate surface area is 206 Å². The van der Waals surface area contributed by atoms with Crippen LogP contribution in [0.5, 0.6) is 23.0 Å². The number of piperidine rings is 1. The van der Waals surface area contributed by atoms with E-state index < -0.39 is 0 Å². The quantitative estimate of drug-likeness (QED) is 0.298. The molecule has 5 N–H and O–H groups in total. The Morgan fingerprint density at radius 3 is 2.61 bits per heavy atom. The Kier molecular flexibility index (Phi) is 6.30. The van der Waals surface area contributed by atoms with E-state index in [2.05, 4.69) is 9.97 Å². The molecule has 11 nitrogen and oxygen atoms in total. The fourth-order valence-electron chi connectivity index (χ4n) is 4.47. The molecule has 2 aromatic carbocycles. The number of amides is 1. The van der Waals surface area contributed by atoms with E-state index in [1.54, 1.807) is 23.1 Å². The zero-order valence-corrected chi connectivity index (χ0v) is 19.4. The number of carbonyl (C=O) groups is 1. The number of nitrogen functional groups attached to an aromatic ring is 1. The zero-order chi connectivity index (χ0) is 25.2. The molecule has 186 valence electrons. The van der Waals surface area contributed by atoms with E-state index in [0.717, 1.165) is 18.4 Å². The summed E-state index contributed by atoms with van der Waals surface area (Å²) in [5.74, 6) is 0.649. The molecule has 1 saturated heterocycles. The number of phenols is 2. The molecule has 0 spiro atoms. The highest BCUT2D eigenvalue weighted by Gasteiger charge is 2.28. The minimum atomic E-state index is -0.268. The van der Waals surface area contributed by atoms with Crippen molar-refractivity contribution in [3.63, 3.8) is 0 Å². The SMILES string of the molecule is Nc1ncnc2c1c(-c1ccc(Oc3ccc(O)c(O)c3)cc1)nn2C1CCCN(C(=O)CCO)C1. The summed E-state index contributed by atoms with van der Waals surface area (Å²) in [7, 11) is 0. The highest BCUT2D eigenvalue weighted by atomic mass is 16.5. The van der Waals surface area contributed by atoms with Crippen molar-refractivity contribution in [1.82, 2.24) is 24.6 Å². The van der Waals surface area contributed by atoms with Gasteiger partial charge in [0.25, 0.3) is 0 Å². The molecule has 4 aromatic rings. The minimum Gasteiger partial charge on any atom is -0.504 e. The maximum absolute atomic E-state index is 12.4. The zero-order valence-electron chi connectivity index (χ0n) is 19.4. The number of aromatic hydroxyl groups is 2. The van der Waals surface area contributed by atoms with E-state index >= 15 is 0 Å². The first kappa shape index (κ1) is 23.4. The molecule has 0 saturated carbocycles. The van der Waals surface area contributed by atoms with E-state index in [1.165, 1.54) is 18.5 Å². The minimum absolute atomic E-state index is 0.0782. The summed E-state index contributed by atoms with van der Waals surface area (Å²) in [6, 6.07) is 11.4. The van der Waals surface area contributed by atoms with E-state index in [4.69, 9.17) is 20.7 Å². The van der Waals surface area contributed by atoms with Crippen LogP contribution >= 0.6 is 0 Å². The number of likely N-dealkylation sites (tertiary alicyclic amines) is 1. The maximum Gasteiger partial charge on any atom is 0.224 e. The maximum atomic E-state index is 12.4. The Balaban J connectivity index is 1.46. The molecule has 1 atom stereocenters. The number of nitrogens with zero attached hydrogens (tertiary/aromatic N) is 5. The Bertz CT molecular complexity index is 1400. The van der Waals surface area contributed by atoms with Gasteiger partial charge in [0.15, 0.2) is 17.1 Å². The monoisotopic (exact) mass is 490 g/mol. The summed E-state index contributed by atoms with van der Waals surface area (Å²) in [6.45, 7) is 0.955. The number of anilines is 1. The number of hydrogen-bond acceptors (Lipinski definition) is 9. The number of hydrogen-bond donors (Lipinski definition) is 4. The summed E-state index contributed by atoms with van der Waals surface area (Å²) in [5.41, 5.74) is 8.24. The van der Waals surface area contributed by atoms with Crippen LogP contribution < -0.4 is 10.5 Å². The standard InChI is InChI=1S/C25H26N6O5/c26-24-22-23(15-3-5-17(6-4-15)36-18-7-8-19(33)20(34)12-18)29-31(25(22)28-14-27-24)16-2-1-10-30(13-16)21(35)9-11-32/h3-8,12,14,16,32-34H,1-2,9-11,13H2,(H2,26,27,28). The summed E-state index contributed by atoms with van der Waals surface area (Å²) in [6.07, 6.45) is 3.15. The fraction of sp³-hybridized carbons (Fsp3) is 0.280. The second-order valence-corrected chi connectivity index (χ2v) is 8.64. The second-order valence-electron chi connectivity index (χ2n) is 8.64. The van der Waals surface area contributed by atoms with Crippen LogP contribution in [0, 0.1) is 0 Å². The number of aliphatic hydroxyl groups excluding tert-OH is 1. The van der Waals surface area contributed by atoms with Gasteiger partial charge in [0.2, 0.25) is 5.91 Å². The van der Waals surface area contributed by atoms with Gasteiger partial charge in [-0.3, -0.25) is 4.79 Å². The number of benzene rings is 2. The van der Waals surface area contributed by atoms with E-state index in [9.17, 15) is 15.0 Å². The average molecular weight is 491 g/mol. The number of aliphatic hydroxyl groups is 1. The van der Waals surface area contributed by atoms with E-state index in [-0.39, 0.29) is 36.5 Å². The summed E-state index contributed by atoms with van der Waals surface area (Å²) >= 11 is 0. The number of phenolic OH excluding ortho intramolecular Hbond substituents is 2. The molecule has 0 bridgehead atoms. The molecule has 1 unspecified atom stereocenters. The van der Waals surface area contributed by atoms with Crippen LogP contribution in [-0.2, 0) is 4.79 Å². The molecule has 5 rings (SSSR count). The Hall–Kier alpha value is -4.38. The van der Waals surface area contributed by atoms with Gasteiger partial charge in [-0.2, -0.15) is 5.10 Å². The predicted octanol–water partition coefficient (Wildman–Crippen LogP) is 2.82. The molecule has 0 radical (unpaired) electrons. The number of aromatic nitrogens is 4. The molecular formula is C25H26N6O5. The second kappa shape index (κ2) is 9.70. The third-order valence-corrected chi connectivity index (χ3v) is 6.25. The van der Waals surface area contributed by atoms with Gasteiger partial charge >= 0.3 is 0 Å². The van der Waals surface area contributed by atoms with Crippen molar-refractivity contribution in [1.29, 1.82) is 0 Å². The van der Waals surface area contributed by atoms with Gasteiger partial charge in [0.1, 0.15) is 29.3 Å². The van der Waals surface area contributed by atoms with E-state index in [1.807, 2.05) is 16.8 Å². The lowest BCUT2D eigenvalue weighted by Gasteiger charge is -2.33. The lowest BCUT2D eigenvalue weighted by molar-refractivity contribution is -0.133. The Morgan fingerprint density at radius 1 is 1.08 bits per heavy atom. The van der Waals surface area contributed by atoms with Crippen LogP contribution in [-0.4, -0.2) is 65.6 Å². The molecule has 1 amide bonds. The fourth-order valence-corrected chi connectivity index (χ4v) is 4.47. The predicted molar refractivity (Wildman–Crippen MR) is 132 cm³/mol. The lowest BCUT2D eigenvalue weighted by atomic mass is 10.1. The van der Waals surface area contributed by atoms with Crippen molar-refractivity contribution < 1.29 is 24.9 Å². The van der Waals surface area contributed by atoms with Crippen LogP contribution in [0.4, 0.5) is 5.82 Å². The van der Waals surface area contributed by atoms with Gasteiger partial charge < -0.3 is 30.7 Å². The van der Waals surface area contributed by atoms with E-state index in [0.29, 0.717) is 47.1 Å². The number of fused-ring (bicyclic) bond motifs is 1. The van der Waals surface area contributed by atoms with Gasteiger partial charge in [-0.05, 0) is 49.2 Å². The third kappa shape index (κ3) is 4.48. The largest absolute Gasteiger partial charge is 0.504 e. The van der Waals surface area contributed by atoms with Crippen LogP contribution in [0.3, 0.4) is 0 Å². The summed E-state index contributed by atoms with van der Waals surface area (Å²) < 4.78 is 7.59. The first-order valence-electron chi connectivity index (χ1n) is 11.6. The van der Waals surface area contributed by atoms with Gasteiger partial charge in [-0.15, -0.1) is 0 Å².